The van der Waals surface area contributed by atoms with E-state index in [1.54, 1.807) is 0 Å². The molecule has 78 valence electrons. The molecule has 0 radical (unpaired) electrons. The summed E-state index contributed by atoms with van der Waals surface area (Å²) in [5.41, 5.74) is 1.41. The predicted octanol–water partition coefficient (Wildman–Crippen LogP) is 4.97. The Bertz CT molecular complexity index is 134. The molecule has 0 saturated heterocycles. The minimum absolute atomic E-state index is 0.816. The Morgan fingerprint density at radius 2 is 1.77 bits per heavy atom. The fourth-order valence-corrected chi connectivity index (χ4v) is 0.816. The first-order valence-electron chi connectivity index (χ1n) is 5.29. The van der Waals surface area contributed by atoms with Gasteiger partial charge in [-0.1, -0.05) is 44.6 Å². The van der Waals surface area contributed by atoms with Gasteiger partial charge in [0.15, 0.2) is 0 Å². The van der Waals surface area contributed by atoms with Crippen molar-refractivity contribution in [3.05, 3.63) is 23.8 Å². The van der Waals surface area contributed by atoms with Crippen LogP contribution in [0.15, 0.2) is 23.8 Å². The molecule has 0 nitrogen and oxygen atoms in total. The van der Waals surface area contributed by atoms with Crippen LogP contribution in [0.5, 0.6) is 0 Å². The van der Waals surface area contributed by atoms with Gasteiger partial charge >= 0.3 is 0 Å². The molecule has 0 bridgehead atoms. The van der Waals surface area contributed by atoms with E-state index in [2.05, 4.69) is 59.8 Å². The van der Waals surface area contributed by atoms with Crippen LogP contribution in [-0.4, -0.2) is 0 Å². The van der Waals surface area contributed by atoms with Gasteiger partial charge in [-0.2, -0.15) is 0 Å². The van der Waals surface area contributed by atoms with Gasteiger partial charge in [0.1, 0.15) is 0 Å². The molecule has 0 heteroatoms. The lowest BCUT2D eigenvalue weighted by Gasteiger charge is -1.93. The van der Waals surface area contributed by atoms with Crippen LogP contribution in [0.25, 0.3) is 0 Å². The van der Waals surface area contributed by atoms with E-state index in [1.807, 2.05) is 0 Å². The highest BCUT2D eigenvalue weighted by atomic mass is 13.9. The Balaban J connectivity index is 0. The van der Waals surface area contributed by atoms with Gasteiger partial charge in [0.2, 0.25) is 0 Å². The molecule has 0 aromatic heterocycles. The van der Waals surface area contributed by atoms with Crippen molar-refractivity contribution in [1.82, 2.24) is 0 Å². The van der Waals surface area contributed by atoms with E-state index in [1.165, 1.54) is 18.4 Å². The maximum absolute atomic E-state index is 2.22. The van der Waals surface area contributed by atoms with Gasteiger partial charge in [-0.25, -0.2) is 0 Å². The summed E-state index contributed by atoms with van der Waals surface area (Å²) in [5, 5.41) is 0. The topological polar surface area (TPSA) is 0 Å². The first kappa shape index (κ1) is 15.0. The van der Waals surface area contributed by atoms with Crippen molar-refractivity contribution in [2.75, 3.05) is 0 Å². The number of rotatable bonds is 3. The Morgan fingerprint density at radius 3 is 1.85 bits per heavy atom. The molecule has 0 heterocycles. The van der Waals surface area contributed by atoms with Crippen LogP contribution in [0.1, 0.15) is 54.4 Å². The van der Waals surface area contributed by atoms with Crippen molar-refractivity contribution in [2.45, 2.75) is 54.4 Å². The summed E-state index contributed by atoms with van der Waals surface area (Å²) in [6, 6.07) is 0. The standard InChI is InChI=1S/C7H14.C6H12/c1-4-5-6-7(2)3;1-4-5-6(2)3/h4-5,7H,6H2,1-3H3;5H,4H2,1-3H3/b5-4+;. The largest absolute Gasteiger partial charge is 0.0917 e. The zero-order valence-corrected chi connectivity index (χ0v) is 10.2. The van der Waals surface area contributed by atoms with E-state index < -0.39 is 0 Å². The van der Waals surface area contributed by atoms with E-state index >= 15 is 0 Å². The van der Waals surface area contributed by atoms with Crippen molar-refractivity contribution in [3.63, 3.8) is 0 Å². The van der Waals surface area contributed by atoms with Crippen molar-refractivity contribution in [3.8, 4) is 0 Å². The summed E-state index contributed by atoms with van der Waals surface area (Å²) in [7, 11) is 0. The Kier molecular flexibility index (Phi) is 13.2. The van der Waals surface area contributed by atoms with E-state index in [-0.39, 0.29) is 0 Å². The summed E-state index contributed by atoms with van der Waals surface area (Å²) in [5.74, 6) is 0.816. The van der Waals surface area contributed by atoms with E-state index in [0.29, 0.717) is 0 Å². The van der Waals surface area contributed by atoms with Gasteiger partial charge in [-0.15, -0.1) is 0 Å². The quantitative estimate of drug-likeness (QED) is 0.540. The summed E-state index contributed by atoms with van der Waals surface area (Å²) in [6.45, 7) is 12.9. The van der Waals surface area contributed by atoms with Gasteiger partial charge in [0, 0.05) is 0 Å². The summed E-state index contributed by atoms with van der Waals surface area (Å²) >= 11 is 0. The molecule has 0 aliphatic rings. The molecule has 0 atom stereocenters. The summed E-state index contributed by atoms with van der Waals surface area (Å²) < 4.78 is 0. The first-order chi connectivity index (χ1) is 6.04. The molecule has 0 fully saturated rings. The highest BCUT2D eigenvalue weighted by Gasteiger charge is 1.83. The van der Waals surface area contributed by atoms with Crippen molar-refractivity contribution in [1.29, 1.82) is 0 Å². The third-order valence-electron chi connectivity index (χ3n) is 1.46. The van der Waals surface area contributed by atoms with Crippen molar-refractivity contribution < 1.29 is 0 Å². The van der Waals surface area contributed by atoms with Crippen molar-refractivity contribution in [2.24, 2.45) is 5.92 Å². The molecule has 0 N–H and O–H groups in total. The molecule has 0 spiro atoms. The normalized spacial score (nSPS) is 9.77. The molecule has 13 heavy (non-hydrogen) atoms. The number of hydrogen-bond acceptors (Lipinski definition) is 0. The summed E-state index contributed by atoms with van der Waals surface area (Å²) in [6.07, 6.45) is 8.89. The lowest BCUT2D eigenvalue weighted by molar-refractivity contribution is 0.663. The SMILES string of the molecule is C/C=C/CC(C)C.CCC=C(C)C. The van der Waals surface area contributed by atoms with E-state index in [0.717, 1.165) is 5.92 Å². The van der Waals surface area contributed by atoms with E-state index in [4.69, 9.17) is 0 Å². The Hall–Kier alpha value is -0.520. The number of hydrogen-bond donors (Lipinski definition) is 0. The third-order valence-corrected chi connectivity index (χ3v) is 1.46. The summed E-state index contributed by atoms with van der Waals surface area (Å²) in [4.78, 5) is 0. The number of allylic oxidation sites excluding steroid dienone is 4. The predicted molar refractivity (Wildman–Crippen MR) is 64.0 cm³/mol. The smallest absolute Gasteiger partial charge is 0.0328 e. The molecule has 0 aromatic rings. The average Bonchev–Trinajstić information content (AvgIpc) is 2.01. The lowest BCUT2D eigenvalue weighted by atomic mass is 10.1. The molecule has 0 aliphatic carbocycles. The van der Waals surface area contributed by atoms with Crippen LogP contribution in [0.4, 0.5) is 0 Å². The Morgan fingerprint density at radius 1 is 1.23 bits per heavy atom. The molecule has 0 rings (SSSR count). The second-order valence-corrected chi connectivity index (χ2v) is 3.89. The lowest BCUT2D eigenvalue weighted by Crippen LogP contribution is -1.79. The zero-order chi connectivity index (χ0) is 10.7. The maximum atomic E-state index is 2.22. The molecule has 0 amide bonds. The van der Waals surface area contributed by atoms with Crippen LogP contribution >= 0.6 is 0 Å². The first-order valence-corrected chi connectivity index (χ1v) is 5.29. The highest BCUT2D eigenvalue weighted by molar-refractivity contribution is 4.91. The minimum atomic E-state index is 0.816. The molecule has 0 aliphatic heterocycles. The van der Waals surface area contributed by atoms with Gasteiger partial charge in [-0.05, 0) is 39.5 Å². The van der Waals surface area contributed by atoms with Crippen LogP contribution in [0, 0.1) is 5.92 Å². The second-order valence-electron chi connectivity index (χ2n) is 3.89. The second kappa shape index (κ2) is 11.5. The average molecular weight is 182 g/mol. The third kappa shape index (κ3) is 24.6. The van der Waals surface area contributed by atoms with Gasteiger partial charge in [0.05, 0.1) is 0 Å². The zero-order valence-electron chi connectivity index (χ0n) is 10.2. The van der Waals surface area contributed by atoms with Crippen molar-refractivity contribution >= 4 is 0 Å². The van der Waals surface area contributed by atoms with Crippen LogP contribution in [0.3, 0.4) is 0 Å². The van der Waals surface area contributed by atoms with Gasteiger partial charge in [-0.3, -0.25) is 0 Å². The molecular formula is C13H26. The molecular weight excluding hydrogens is 156 g/mol. The molecule has 0 unspecified atom stereocenters. The van der Waals surface area contributed by atoms with Gasteiger partial charge in [0.25, 0.3) is 0 Å². The van der Waals surface area contributed by atoms with Crippen LogP contribution < -0.4 is 0 Å². The highest BCUT2D eigenvalue weighted by Crippen LogP contribution is 1.98. The van der Waals surface area contributed by atoms with Crippen LogP contribution in [-0.2, 0) is 0 Å². The monoisotopic (exact) mass is 182 g/mol. The van der Waals surface area contributed by atoms with Crippen LogP contribution in [0.2, 0.25) is 0 Å². The minimum Gasteiger partial charge on any atom is -0.0917 e. The Labute approximate surface area is 84.7 Å². The molecule has 0 saturated carbocycles. The molecule has 0 aromatic carbocycles. The maximum Gasteiger partial charge on any atom is -0.0328 e. The fraction of sp³-hybridized carbons (Fsp3) is 0.692. The van der Waals surface area contributed by atoms with Gasteiger partial charge < -0.3 is 0 Å². The van der Waals surface area contributed by atoms with E-state index in [9.17, 15) is 0 Å². The fourth-order valence-electron chi connectivity index (χ4n) is 0.816.